The van der Waals surface area contributed by atoms with E-state index in [1.54, 1.807) is 24.3 Å². The first-order valence-corrected chi connectivity index (χ1v) is 12.3. The molecule has 0 spiro atoms. The van der Waals surface area contributed by atoms with Crippen molar-refractivity contribution in [3.8, 4) is 11.5 Å². The van der Waals surface area contributed by atoms with Crippen molar-refractivity contribution in [2.45, 2.75) is 38.6 Å². The topological polar surface area (TPSA) is 166 Å². The predicted octanol–water partition coefficient (Wildman–Crippen LogP) is 2.12. The van der Waals surface area contributed by atoms with E-state index in [0.29, 0.717) is 11.5 Å². The molecular weight excluding hydrogens is 480 g/mol. The van der Waals surface area contributed by atoms with E-state index in [0.717, 1.165) is 11.1 Å². The minimum absolute atomic E-state index is 0.0754. The molecule has 0 saturated carbocycles. The van der Waals surface area contributed by atoms with Crippen LogP contribution in [0.4, 0.5) is 0 Å². The maximum atomic E-state index is 10.7. The van der Waals surface area contributed by atoms with Crippen LogP contribution in [0.1, 0.15) is 31.9 Å². The maximum Gasteiger partial charge on any atom is 0.400 e. The molecule has 0 radical (unpaired) electrons. The van der Waals surface area contributed by atoms with Gasteiger partial charge in [-0.25, -0.2) is 8.37 Å². The summed E-state index contributed by atoms with van der Waals surface area (Å²) in [6, 6.07) is 14.1. The summed E-state index contributed by atoms with van der Waals surface area (Å²) in [7, 11) is -9.33. The van der Waals surface area contributed by atoms with Crippen LogP contribution in [0.3, 0.4) is 0 Å². The zero-order valence-electron chi connectivity index (χ0n) is 18.1. The molecule has 0 bridgehead atoms. The molecule has 3 N–H and O–H groups in total. The van der Waals surface area contributed by atoms with Crippen LogP contribution in [-0.4, -0.2) is 56.7 Å². The first-order chi connectivity index (χ1) is 15.2. The Hall–Kier alpha value is -2.26. The molecule has 2 unspecified atom stereocenters. The average molecular weight is 507 g/mol. The molecule has 2 aromatic rings. The summed E-state index contributed by atoms with van der Waals surface area (Å²) in [6.07, 6.45) is -2.71. The first kappa shape index (κ1) is 27.0. The molecular formula is C20H26O11S2. The molecule has 11 nitrogen and oxygen atoms in total. The van der Waals surface area contributed by atoms with Crippen molar-refractivity contribution < 1.29 is 48.9 Å². The van der Waals surface area contributed by atoms with Gasteiger partial charge >= 0.3 is 20.8 Å². The smallest absolute Gasteiger partial charge is 0.400 e. The van der Waals surface area contributed by atoms with E-state index in [1.165, 1.54) is 6.92 Å². The third-order valence-corrected chi connectivity index (χ3v) is 5.58. The molecule has 33 heavy (non-hydrogen) atoms. The third-order valence-electron chi connectivity index (χ3n) is 4.55. The van der Waals surface area contributed by atoms with Crippen LogP contribution in [0.15, 0.2) is 48.5 Å². The van der Waals surface area contributed by atoms with Crippen LogP contribution >= 0.6 is 0 Å². The molecule has 0 saturated heterocycles. The first-order valence-electron chi connectivity index (χ1n) is 9.62. The maximum absolute atomic E-state index is 10.7. The fraction of sp³-hybridized carbons (Fsp3) is 0.400. The Kier molecular flexibility index (Phi) is 8.81. The molecule has 0 heterocycles. The highest BCUT2D eigenvalue weighted by Crippen LogP contribution is 2.33. The Labute approximate surface area is 192 Å². The zero-order valence-corrected chi connectivity index (χ0v) is 19.7. The van der Waals surface area contributed by atoms with Crippen molar-refractivity contribution in [3.63, 3.8) is 0 Å². The molecule has 0 aliphatic carbocycles. The molecule has 0 amide bonds. The van der Waals surface area contributed by atoms with Crippen molar-refractivity contribution in [2.24, 2.45) is 0 Å². The van der Waals surface area contributed by atoms with E-state index < -0.39 is 45.2 Å². The monoisotopic (exact) mass is 506 g/mol. The summed E-state index contributed by atoms with van der Waals surface area (Å²) in [5.74, 6) is 0.854. The predicted molar refractivity (Wildman–Crippen MR) is 117 cm³/mol. The number of rotatable bonds is 12. The summed E-state index contributed by atoms with van der Waals surface area (Å²) >= 11 is 0. The summed E-state index contributed by atoms with van der Waals surface area (Å²) in [5.41, 5.74) is 1.49. The van der Waals surface area contributed by atoms with E-state index >= 15 is 0 Å². The molecule has 0 aliphatic rings. The van der Waals surface area contributed by atoms with Crippen molar-refractivity contribution in [3.05, 3.63) is 59.7 Å². The number of ether oxygens (including phenoxy) is 2. The fourth-order valence-corrected chi connectivity index (χ4v) is 3.69. The van der Waals surface area contributed by atoms with E-state index in [9.17, 15) is 21.9 Å². The Morgan fingerprint density at radius 2 is 1.15 bits per heavy atom. The number of hydrogen-bond acceptors (Lipinski definition) is 9. The van der Waals surface area contributed by atoms with Gasteiger partial charge < -0.3 is 14.6 Å². The van der Waals surface area contributed by atoms with Crippen LogP contribution in [-0.2, 0) is 34.6 Å². The van der Waals surface area contributed by atoms with Gasteiger partial charge in [-0.05, 0) is 42.3 Å². The molecule has 2 atom stereocenters. The van der Waals surface area contributed by atoms with E-state index in [2.05, 4.69) is 8.37 Å². The molecule has 184 valence electrons. The normalized spacial score (nSPS) is 14.5. The van der Waals surface area contributed by atoms with Crippen LogP contribution in [0.25, 0.3) is 0 Å². The van der Waals surface area contributed by atoms with E-state index in [1.807, 2.05) is 38.1 Å². The molecule has 13 heteroatoms. The van der Waals surface area contributed by atoms with Gasteiger partial charge in [0.05, 0.1) is 0 Å². The van der Waals surface area contributed by atoms with E-state index in [-0.39, 0.29) is 6.61 Å². The molecule has 0 aromatic heterocycles. The lowest BCUT2D eigenvalue weighted by Gasteiger charge is -2.26. The van der Waals surface area contributed by atoms with Gasteiger partial charge in [0.2, 0.25) is 6.29 Å². The van der Waals surface area contributed by atoms with Crippen molar-refractivity contribution in [2.75, 3.05) is 13.2 Å². The van der Waals surface area contributed by atoms with Crippen molar-refractivity contribution in [1.29, 1.82) is 0 Å². The second kappa shape index (κ2) is 10.8. The highest BCUT2D eigenvalue weighted by Gasteiger charge is 2.23. The summed E-state index contributed by atoms with van der Waals surface area (Å²) in [4.78, 5) is 0. The van der Waals surface area contributed by atoms with Gasteiger partial charge in [-0.3, -0.25) is 9.11 Å². The number of benzene rings is 2. The second-order valence-corrected chi connectivity index (χ2v) is 9.70. The van der Waals surface area contributed by atoms with E-state index in [4.69, 9.17) is 18.6 Å². The lowest BCUT2D eigenvalue weighted by molar-refractivity contribution is -0.0495. The standard InChI is InChI=1S/C20H26O11S2/c1-14(30-32(22,23)24)12-28-17-8-4-15(5-9-17)20(2,3)16-6-10-18(11-7-16)29-13-19(21)31-33(25,26)27/h4-11,14,19,21H,12-13H2,1-3H3,(H,22,23,24)(H,25,26,27). The second-order valence-electron chi connectivity index (χ2n) is 7.61. The number of aliphatic hydroxyl groups excluding tert-OH is 1. The summed E-state index contributed by atoms with van der Waals surface area (Å²) < 4.78 is 78.8. The highest BCUT2D eigenvalue weighted by molar-refractivity contribution is 7.81. The highest BCUT2D eigenvalue weighted by atomic mass is 32.3. The quantitative estimate of drug-likeness (QED) is 0.285. The SMILES string of the molecule is CC(COc1ccc(C(C)(C)c2ccc(OCC(O)OS(=O)(=O)O)cc2)cc1)OS(=O)(=O)O. The van der Waals surface area contributed by atoms with Crippen LogP contribution in [0.5, 0.6) is 11.5 Å². The largest absolute Gasteiger partial charge is 0.491 e. The van der Waals surface area contributed by atoms with Crippen LogP contribution in [0, 0.1) is 0 Å². The Morgan fingerprint density at radius 1 is 0.758 bits per heavy atom. The van der Waals surface area contributed by atoms with Crippen LogP contribution < -0.4 is 9.47 Å². The van der Waals surface area contributed by atoms with Gasteiger partial charge in [-0.15, -0.1) is 0 Å². The van der Waals surface area contributed by atoms with Crippen LogP contribution in [0.2, 0.25) is 0 Å². The molecule has 0 aliphatic heterocycles. The summed E-state index contributed by atoms with van der Waals surface area (Å²) in [6.45, 7) is 4.88. The summed E-state index contributed by atoms with van der Waals surface area (Å²) in [5, 5.41) is 9.38. The Bertz CT molecular complexity index is 1020. The van der Waals surface area contributed by atoms with Gasteiger partial charge in [0.25, 0.3) is 0 Å². The zero-order chi connectivity index (χ0) is 24.9. The fourth-order valence-electron chi connectivity index (χ4n) is 2.89. The van der Waals surface area contributed by atoms with Gasteiger partial charge in [0, 0.05) is 5.41 Å². The molecule has 0 fully saturated rings. The number of hydrogen-bond donors (Lipinski definition) is 3. The van der Waals surface area contributed by atoms with Crippen molar-refractivity contribution in [1.82, 2.24) is 0 Å². The minimum Gasteiger partial charge on any atom is -0.491 e. The van der Waals surface area contributed by atoms with Gasteiger partial charge in [0.15, 0.2) is 0 Å². The average Bonchev–Trinajstić information content (AvgIpc) is 2.69. The lowest BCUT2D eigenvalue weighted by Crippen LogP contribution is -2.24. The Balaban J connectivity index is 1.98. The Morgan fingerprint density at radius 3 is 1.55 bits per heavy atom. The van der Waals surface area contributed by atoms with Gasteiger partial charge in [-0.2, -0.15) is 16.8 Å². The molecule has 2 rings (SSSR count). The lowest BCUT2D eigenvalue weighted by atomic mass is 9.78. The number of aliphatic hydroxyl groups is 1. The van der Waals surface area contributed by atoms with Gasteiger partial charge in [-0.1, -0.05) is 38.1 Å². The molecule has 2 aromatic carbocycles. The third kappa shape index (κ3) is 9.25. The van der Waals surface area contributed by atoms with Crippen molar-refractivity contribution >= 4 is 20.8 Å². The van der Waals surface area contributed by atoms with Gasteiger partial charge in [0.1, 0.15) is 30.8 Å². The minimum atomic E-state index is -4.78.